The Morgan fingerprint density at radius 1 is 1.04 bits per heavy atom. The molecule has 0 aliphatic heterocycles. The van der Waals surface area contributed by atoms with E-state index in [9.17, 15) is 4.79 Å². The Bertz CT molecular complexity index is 1120. The van der Waals surface area contributed by atoms with Crippen LogP contribution in [0.1, 0.15) is 35.7 Å². The predicted octanol–water partition coefficient (Wildman–Crippen LogP) is 3.56. The topological polar surface area (TPSA) is 85.1 Å². The smallest absolute Gasteiger partial charge is 0.274 e. The van der Waals surface area contributed by atoms with Crippen molar-refractivity contribution in [3.05, 3.63) is 71.9 Å². The molecule has 140 valence electrons. The minimum atomic E-state index is -0.240. The molecule has 4 rings (SSSR count). The molecular weight excluding hydrogens is 352 g/mol. The number of imidazole rings is 1. The van der Waals surface area contributed by atoms with E-state index in [0.717, 1.165) is 35.5 Å². The molecule has 0 aliphatic carbocycles. The van der Waals surface area contributed by atoms with Crippen LogP contribution >= 0.6 is 0 Å². The molecule has 4 aromatic rings. The zero-order valence-corrected chi connectivity index (χ0v) is 15.8. The fraction of sp³-hybridized carbons (Fsp3) is 0.190. The van der Waals surface area contributed by atoms with Crippen molar-refractivity contribution in [2.75, 3.05) is 5.32 Å². The normalized spacial score (nSPS) is 10.9. The summed E-state index contributed by atoms with van der Waals surface area (Å²) in [7, 11) is 0. The van der Waals surface area contributed by atoms with Gasteiger partial charge in [-0.1, -0.05) is 32.0 Å². The van der Waals surface area contributed by atoms with Crippen molar-refractivity contribution in [1.29, 1.82) is 0 Å². The molecule has 0 atom stereocenters. The van der Waals surface area contributed by atoms with Gasteiger partial charge in [0.15, 0.2) is 0 Å². The van der Waals surface area contributed by atoms with Crippen LogP contribution in [0.3, 0.4) is 0 Å². The summed E-state index contributed by atoms with van der Waals surface area (Å²) in [6.07, 6.45) is 5.29. The van der Waals surface area contributed by atoms with Crippen molar-refractivity contribution in [1.82, 2.24) is 24.6 Å². The van der Waals surface area contributed by atoms with E-state index in [1.807, 2.05) is 34.9 Å². The molecule has 1 amide bonds. The van der Waals surface area contributed by atoms with Crippen molar-refractivity contribution < 1.29 is 4.79 Å². The van der Waals surface area contributed by atoms with Gasteiger partial charge in [0.1, 0.15) is 5.69 Å². The van der Waals surface area contributed by atoms with E-state index < -0.39 is 0 Å². The highest BCUT2D eigenvalue weighted by Crippen LogP contribution is 2.22. The second kappa shape index (κ2) is 7.56. The molecule has 3 heterocycles. The number of nitrogens with zero attached hydrogens (tertiary/aromatic N) is 5. The molecule has 0 saturated carbocycles. The number of nitrogens with one attached hydrogen (secondary N) is 1. The average Bonchev–Trinajstić information content (AvgIpc) is 3.18. The largest absolute Gasteiger partial charge is 0.321 e. The fourth-order valence-corrected chi connectivity index (χ4v) is 3.15. The maximum atomic E-state index is 12.2. The number of hydrogen-bond acceptors (Lipinski definition) is 5. The number of hydrogen-bond donors (Lipinski definition) is 1. The highest BCUT2D eigenvalue weighted by molar-refractivity contribution is 6.02. The molecular formula is C21H20N6O. The van der Waals surface area contributed by atoms with E-state index in [-0.39, 0.29) is 5.91 Å². The molecule has 0 bridgehead atoms. The molecule has 1 N–H and O–H groups in total. The maximum absolute atomic E-state index is 12.2. The third kappa shape index (κ3) is 3.34. The van der Waals surface area contributed by atoms with E-state index in [1.165, 1.54) is 0 Å². The standard InChI is InChI=1S/C21H20N6O/c1-3-16-19(4-2)27-13-18(24-21(27)26-25-16)14-8-10-15(11-9-14)23-20(28)17-7-5-6-12-22-17/h5-13H,3-4H2,1-2H3,(H,23,28). The minimum Gasteiger partial charge on any atom is -0.321 e. The van der Waals surface area contributed by atoms with Crippen LogP contribution in [0.5, 0.6) is 0 Å². The number of fused-ring (bicyclic) bond motifs is 1. The summed E-state index contributed by atoms with van der Waals surface area (Å²) in [6.45, 7) is 4.18. The van der Waals surface area contributed by atoms with Crippen LogP contribution in [0.15, 0.2) is 54.9 Å². The summed E-state index contributed by atoms with van der Waals surface area (Å²) in [4.78, 5) is 20.9. The van der Waals surface area contributed by atoms with E-state index in [4.69, 9.17) is 0 Å². The first-order valence-electron chi connectivity index (χ1n) is 9.26. The second-order valence-electron chi connectivity index (χ2n) is 6.34. The molecule has 0 unspecified atom stereocenters. The maximum Gasteiger partial charge on any atom is 0.274 e. The lowest BCUT2D eigenvalue weighted by Gasteiger charge is -2.06. The van der Waals surface area contributed by atoms with Crippen LogP contribution in [0.2, 0.25) is 0 Å². The SMILES string of the molecule is CCc1nnc2nc(-c3ccc(NC(=O)c4ccccn4)cc3)cn2c1CC. The van der Waals surface area contributed by atoms with Gasteiger partial charge < -0.3 is 5.32 Å². The van der Waals surface area contributed by atoms with Crippen LogP contribution in [0, 0.1) is 0 Å². The number of aromatic nitrogens is 5. The lowest BCUT2D eigenvalue weighted by molar-refractivity contribution is 0.102. The fourth-order valence-electron chi connectivity index (χ4n) is 3.15. The minimum absolute atomic E-state index is 0.240. The summed E-state index contributed by atoms with van der Waals surface area (Å²) >= 11 is 0. The van der Waals surface area contributed by atoms with E-state index in [2.05, 4.69) is 39.3 Å². The highest BCUT2D eigenvalue weighted by Gasteiger charge is 2.12. The molecule has 7 heteroatoms. The van der Waals surface area contributed by atoms with Gasteiger partial charge >= 0.3 is 0 Å². The number of amides is 1. The molecule has 0 fully saturated rings. The second-order valence-corrected chi connectivity index (χ2v) is 6.34. The zero-order chi connectivity index (χ0) is 19.5. The van der Waals surface area contributed by atoms with Gasteiger partial charge in [0.2, 0.25) is 0 Å². The lowest BCUT2D eigenvalue weighted by Crippen LogP contribution is -2.13. The predicted molar refractivity (Wildman–Crippen MR) is 107 cm³/mol. The monoisotopic (exact) mass is 372 g/mol. The summed E-state index contributed by atoms with van der Waals surface area (Å²) in [5.41, 5.74) is 4.97. The van der Waals surface area contributed by atoms with Crippen molar-refractivity contribution in [2.24, 2.45) is 0 Å². The third-order valence-electron chi connectivity index (χ3n) is 4.58. The Labute approximate surface area is 162 Å². The van der Waals surface area contributed by atoms with Gasteiger partial charge in [-0.2, -0.15) is 5.10 Å². The first kappa shape index (κ1) is 17.8. The first-order chi connectivity index (χ1) is 13.7. The molecule has 3 aromatic heterocycles. The van der Waals surface area contributed by atoms with Gasteiger partial charge in [-0.25, -0.2) is 4.98 Å². The van der Waals surface area contributed by atoms with Crippen LogP contribution in [0.25, 0.3) is 17.0 Å². The molecule has 0 spiro atoms. The van der Waals surface area contributed by atoms with Crippen molar-refractivity contribution in [3.63, 3.8) is 0 Å². The number of benzene rings is 1. The molecule has 7 nitrogen and oxygen atoms in total. The van der Waals surface area contributed by atoms with E-state index >= 15 is 0 Å². The molecule has 0 aliphatic rings. The van der Waals surface area contributed by atoms with Crippen LogP contribution in [-0.4, -0.2) is 30.5 Å². The quantitative estimate of drug-likeness (QED) is 0.579. The number of pyridine rings is 1. The van der Waals surface area contributed by atoms with Gasteiger partial charge in [0.25, 0.3) is 11.7 Å². The Hall–Kier alpha value is -3.61. The Kier molecular flexibility index (Phi) is 4.80. The Balaban J connectivity index is 1.59. The average molecular weight is 372 g/mol. The van der Waals surface area contributed by atoms with E-state index in [0.29, 0.717) is 17.2 Å². The van der Waals surface area contributed by atoms with Gasteiger partial charge in [0.05, 0.1) is 11.4 Å². The van der Waals surface area contributed by atoms with Crippen molar-refractivity contribution >= 4 is 17.4 Å². The van der Waals surface area contributed by atoms with Crippen molar-refractivity contribution in [2.45, 2.75) is 26.7 Å². The Morgan fingerprint density at radius 3 is 2.54 bits per heavy atom. The molecule has 1 aromatic carbocycles. The first-order valence-corrected chi connectivity index (χ1v) is 9.26. The number of carbonyl (C=O) groups is 1. The highest BCUT2D eigenvalue weighted by atomic mass is 16.1. The summed E-state index contributed by atoms with van der Waals surface area (Å²) in [6, 6.07) is 12.8. The number of carbonyl (C=O) groups excluding carboxylic acids is 1. The van der Waals surface area contributed by atoms with Gasteiger partial charge in [0, 0.05) is 29.3 Å². The van der Waals surface area contributed by atoms with Crippen LogP contribution in [-0.2, 0) is 12.8 Å². The van der Waals surface area contributed by atoms with Gasteiger partial charge in [-0.05, 0) is 37.1 Å². The van der Waals surface area contributed by atoms with E-state index in [1.54, 1.807) is 24.4 Å². The summed E-state index contributed by atoms with van der Waals surface area (Å²) in [5.74, 6) is 0.354. The van der Waals surface area contributed by atoms with Gasteiger partial charge in [-0.3, -0.25) is 14.2 Å². The molecule has 28 heavy (non-hydrogen) atoms. The number of anilines is 1. The Morgan fingerprint density at radius 2 is 1.86 bits per heavy atom. The van der Waals surface area contributed by atoms with Crippen LogP contribution < -0.4 is 5.32 Å². The van der Waals surface area contributed by atoms with Crippen molar-refractivity contribution in [3.8, 4) is 11.3 Å². The third-order valence-corrected chi connectivity index (χ3v) is 4.58. The number of aryl methyl sites for hydroxylation is 2. The lowest BCUT2D eigenvalue weighted by atomic mass is 10.1. The molecule has 0 radical (unpaired) electrons. The zero-order valence-electron chi connectivity index (χ0n) is 15.8. The molecule has 0 saturated heterocycles. The van der Waals surface area contributed by atoms with Gasteiger partial charge in [-0.15, -0.1) is 5.10 Å². The number of rotatable bonds is 5. The summed E-state index contributed by atoms with van der Waals surface area (Å²) < 4.78 is 2.01. The van der Waals surface area contributed by atoms with Crippen LogP contribution in [0.4, 0.5) is 5.69 Å². The summed E-state index contributed by atoms with van der Waals surface area (Å²) in [5, 5.41) is 11.4.